The molecule has 2 aliphatic rings. The number of rotatable bonds is 6. The molecule has 0 amide bonds. The Morgan fingerprint density at radius 2 is 0.909 bits per heavy atom. The maximum atomic E-state index is 9.21. The van der Waals surface area contributed by atoms with Gasteiger partial charge in [-0.15, -0.1) is 0 Å². The smallest absolute Gasteiger partial charge is 0.121 e. The quantitative estimate of drug-likeness (QED) is 0.181. The van der Waals surface area contributed by atoms with Crippen LogP contribution < -0.4 is 0 Å². The number of para-hydroxylation sites is 1. The summed E-state index contributed by atoms with van der Waals surface area (Å²) in [7, 11) is 0. The number of aromatic hydroxyl groups is 1. The van der Waals surface area contributed by atoms with Gasteiger partial charge in [0.25, 0.3) is 0 Å². The third-order valence-corrected chi connectivity index (χ3v) is 21.1. The van der Waals surface area contributed by atoms with Crippen LogP contribution in [0.5, 0.6) is 5.75 Å². The molecule has 2 heteroatoms. The summed E-state index contributed by atoms with van der Waals surface area (Å²) >= 11 is -2.36. The van der Waals surface area contributed by atoms with Crippen LogP contribution in [0.1, 0.15) is 134 Å². The van der Waals surface area contributed by atoms with Gasteiger partial charge in [0.15, 0.2) is 0 Å². The van der Waals surface area contributed by atoms with E-state index in [1.165, 1.54) is 44.5 Å². The van der Waals surface area contributed by atoms with Gasteiger partial charge in [-0.05, 0) is 25.0 Å². The molecule has 1 N–H and O–H groups in total. The summed E-state index contributed by atoms with van der Waals surface area (Å²) in [6, 6.07) is 38.7. The van der Waals surface area contributed by atoms with Crippen LogP contribution in [0.2, 0.25) is 0 Å². The SMILES string of the molecule is CCC1=Cc2c(-c3ccc(C(C)(C)C)cc3)cccc2[CH]1[Zr](=[C](C)C)[CH]1C(CC)=Cc2c(-c3ccc(C(C)(C)C)cc3)cccc21.Cc1cccc(C)c1O. The maximum absolute atomic E-state index is 9.21. The van der Waals surface area contributed by atoms with Crippen molar-refractivity contribution < 1.29 is 26.4 Å². The van der Waals surface area contributed by atoms with Crippen molar-refractivity contribution in [1.29, 1.82) is 0 Å². The van der Waals surface area contributed by atoms with Crippen LogP contribution in [0, 0.1) is 13.8 Å². The van der Waals surface area contributed by atoms with Gasteiger partial charge in [-0.2, -0.15) is 0 Å². The molecule has 2 aliphatic carbocycles. The van der Waals surface area contributed by atoms with Gasteiger partial charge in [-0.3, -0.25) is 0 Å². The Kier molecular flexibility index (Phi) is 12.1. The monoisotopic (exact) mass is 804 g/mol. The van der Waals surface area contributed by atoms with Gasteiger partial charge in [0.2, 0.25) is 0 Å². The van der Waals surface area contributed by atoms with Gasteiger partial charge >= 0.3 is 288 Å². The first kappa shape index (κ1) is 40.8. The Balaban J connectivity index is 0.000000502. The Morgan fingerprint density at radius 3 is 1.22 bits per heavy atom. The zero-order valence-corrected chi connectivity index (χ0v) is 37.9. The van der Waals surface area contributed by atoms with Crippen LogP contribution in [0.3, 0.4) is 0 Å². The van der Waals surface area contributed by atoms with Crippen LogP contribution in [-0.2, 0) is 32.1 Å². The third-order valence-electron chi connectivity index (χ3n) is 11.9. The number of aryl methyl sites for hydroxylation is 2. The van der Waals surface area contributed by atoms with Crippen molar-refractivity contribution in [3.05, 3.63) is 159 Å². The van der Waals surface area contributed by atoms with Gasteiger partial charge in [0, 0.05) is 0 Å². The molecule has 0 aliphatic heterocycles. The number of allylic oxidation sites excluding steroid dienone is 2. The summed E-state index contributed by atoms with van der Waals surface area (Å²) in [4.78, 5) is 0. The van der Waals surface area contributed by atoms with E-state index in [-0.39, 0.29) is 10.8 Å². The van der Waals surface area contributed by atoms with E-state index >= 15 is 0 Å². The predicted octanol–water partition coefficient (Wildman–Crippen LogP) is 14.9. The molecule has 5 aromatic rings. The second-order valence-corrected chi connectivity index (χ2v) is 25.5. The summed E-state index contributed by atoms with van der Waals surface area (Å²) < 4.78 is 2.86. The molecule has 7 rings (SSSR count). The molecular formula is C53H62OZr. The number of hydrogen-bond acceptors (Lipinski definition) is 1. The molecular weight excluding hydrogens is 744 g/mol. The second-order valence-electron chi connectivity index (χ2n) is 18.0. The minimum absolute atomic E-state index is 0.158. The summed E-state index contributed by atoms with van der Waals surface area (Å²) in [5.74, 6) is 0.414. The fourth-order valence-electron chi connectivity index (χ4n) is 8.63. The number of benzene rings is 5. The molecule has 5 aromatic carbocycles. The molecule has 0 bridgehead atoms. The number of phenolic OH excluding ortho intramolecular Hbond substituents is 1. The van der Waals surface area contributed by atoms with Crippen LogP contribution in [0.4, 0.5) is 0 Å². The first-order chi connectivity index (χ1) is 26.0. The largest absolute Gasteiger partial charge is 0.507 e. The van der Waals surface area contributed by atoms with E-state index in [9.17, 15) is 5.11 Å². The zero-order valence-electron chi connectivity index (χ0n) is 35.5. The van der Waals surface area contributed by atoms with Crippen molar-refractivity contribution in [2.45, 2.75) is 114 Å². The van der Waals surface area contributed by atoms with Gasteiger partial charge in [0.1, 0.15) is 5.75 Å². The molecule has 0 fully saturated rings. The molecule has 0 aromatic heterocycles. The Bertz CT molecular complexity index is 2120. The first-order valence-electron chi connectivity index (χ1n) is 20.4. The molecule has 0 saturated heterocycles. The molecule has 0 saturated carbocycles. The fraction of sp³-hybridized carbons (Fsp3) is 0.340. The van der Waals surface area contributed by atoms with Crippen molar-refractivity contribution >= 4 is 15.4 Å². The van der Waals surface area contributed by atoms with Gasteiger partial charge in [0.05, 0.1) is 0 Å². The minimum atomic E-state index is -2.36. The predicted molar refractivity (Wildman–Crippen MR) is 237 cm³/mol. The molecule has 0 spiro atoms. The maximum Gasteiger partial charge on any atom is 0.121 e. The average molecular weight is 806 g/mol. The number of hydrogen-bond donors (Lipinski definition) is 1. The summed E-state index contributed by atoms with van der Waals surface area (Å²) in [6.07, 6.45) is 7.41. The van der Waals surface area contributed by atoms with Crippen LogP contribution in [0.25, 0.3) is 34.4 Å². The Hall–Kier alpha value is -3.87. The van der Waals surface area contributed by atoms with E-state index in [1.807, 2.05) is 32.0 Å². The van der Waals surface area contributed by atoms with Gasteiger partial charge in [-0.25, -0.2) is 0 Å². The van der Waals surface area contributed by atoms with Crippen molar-refractivity contribution in [3.63, 3.8) is 0 Å². The Morgan fingerprint density at radius 1 is 0.545 bits per heavy atom. The van der Waals surface area contributed by atoms with Crippen molar-refractivity contribution in [2.24, 2.45) is 0 Å². The number of fused-ring (bicyclic) bond motifs is 2. The molecule has 0 radical (unpaired) electrons. The molecule has 2 atom stereocenters. The molecule has 55 heavy (non-hydrogen) atoms. The van der Waals surface area contributed by atoms with Gasteiger partial charge < -0.3 is 5.11 Å². The van der Waals surface area contributed by atoms with E-state index in [0.717, 1.165) is 24.0 Å². The minimum Gasteiger partial charge on any atom is -0.507 e. The van der Waals surface area contributed by atoms with E-state index in [1.54, 1.807) is 25.5 Å². The molecule has 284 valence electrons. The number of phenols is 1. The fourth-order valence-corrected chi connectivity index (χ4v) is 18.5. The molecule has 1 nitrogen and oxygen atoms in total. The summed E-state index contributed by atoms with van der Waals surface area (Å²) in [5.41, 5.74) is 19.9. The van der Waals surface area contributed by atoms with E-state index in [0.29, 0.717) is 13.0 Å². The summed E-state index contributed by atoms with van der Waals surface area (Å²) in [5, 5.41) is 9.21. The van der Waals surface area contributed by atoms with Crippen LogP contribution in [-0.4, -0.2) is 8.31 Å². The third kappa shape index (κ3) is 8.32. The van der Waals surface area contributed by atoms with E-state index in [2.05, 4.69) is 166 Å². The molecule has 2 unspecified atom stereocenters. The van der Waals surface area contributed by atoms with E-state index < -0.39 is 21.3 Å². The summed E-state index contributed by atoms with van der Waals surface area (Å²) in [6.45, 7) is 27.3. The standard InChI is InChI=1S/2C21H23.C8H10O.C3H6.Zr/c2*1-5-15-13-17-7-6-8-19(20(17)14-15)16-9-11-18(12-10-16)21(2,3)4;1-6-4-3-5-7(2)8(6)9;1-3-2;/h2*6-14H,5H2,1-4H3;3-5,9H,1-2H3;1-2H3;. The Labute approximate surface area is 340 Å². The van der Waals surface area contributed by atoms with Crippen molar-refractivity contribution in [1.82, 2.24) is 0 Å². The van der Waals surface area contributed by atoms with Gasteiger partial charge in [-0.1, -0.05) is 18.2 Å². The molecule has 0 heterocycles. The van der Waals surface area contributed by atoms with Crippen LogP contribution >= 0.6 is 0 Å². The normalized spacial score (nSPS) is 16.1. The van der Waals surface area contributed by atoms with Crippen molar-refractivity contribution in [2.75, 3.05) is 0 Å². The average Bonchev–Trinajstić information content (AvgIpc) is 3.72. The van der Waals surface area contributed by atoms with Crippen LogP contribution in [0.15, 0.2) is 114 Å². The van der Waals surface area contributed by atoms with Crippen molar-refractivity contribution in [3.8, 4) is 28.0 Å². The van der Waals surface area contributed by atoms with E-state index in [4.69, 9.17) is 0 Å². The second kappa shape index (κ2) is 16.3. The topological polar surface area (TPSA) is 20.2 Å². The zero-order chi connectivity index (χ0) is 39.8. The first-order valence-corrected chi connectivity index (χ1v) is 24.4.